The molecular formula is C11H11BrFN3O3S. The number of anilines is 1. The van der Waals surface area contributed by atoms with Gasteiger partial charge in [-0.3, -0.25) is 9.82 Å². The van der Waals surface area contributed by atoms with Crippen molar-refractivity contribution < 1.29 is 17.9 Å². The van der Waals surface area contributed by atoms with Gasteiger partial charge >= 0.3 is 0 Å². The molecule has 0 atom stereocenters. The lowest BCUT2D eigenvalue weighted by atomic mass is 10.3. The van der Waals surface area contributed by atoms with E-state index in [4.69, 9.17) is 5.11 Å². The molecule has 3 N–H and O–H groups in total. The largest absolute Gasteiger partial charge is 0.390 e. The number of aromatic amines is 1. The average molecular weight is 364 g/mol. The Morgan fingerprint density at radius 2 is 2.20 bits per heavy atom. The van der Waals surface area contributed by atoms with E-state index in [1.165, 1.54) is 19.1 Å². The number of rotatable bonds is 4. The molecule has 0 radical (unpaired) electrons. The number of sulfonamides is 1. The molecule has 0 aliphatic rings. The van der Waals surface area contributed by atoms with Crippen molar-refractivity contribution >= 4 is 31.6 Å². The van der Waals surface area contributed by atoms with E-state index in [-0.39, 0.29) is 22.0 Å². The fourth-order valence-corrected chi connectivity index (χ4v) is 3.46. The van der Waals surface area contributed by atoms with Gasteiger partial charge in [0.2, 0.25) is 0 Å². The van der Waals surface area contributed by atoms with Crippen LogP contribution in [0.3, 0.4) is 0 Å². The third-order valence-electron chi connectivity index (χ3n) is 2.56. The number of halogens is 2. The van der Waals surface area contributed by atoms with Crippen LogP contribution < -0.4 is 4.72 Å². The predicted molar refractivity (Wildman–Crippen MR) is 74.2 cm³/mol. The smallest absolute Gasteiger partial charge is 0.265 e. The number of hydrogen-bond acceptors (Lipinski definition) is 4. The monoisotopic (exact) mass is 363 g/mol. The molecule has 0 aliphatic heterocycles. The third kappa shape index (κ3) is 2.84. The van der Waals surface area contributed by atoms with Crippen LogP contribution in [0.25, 0.3) is 0 Å². The Morgan fingerprint density at radius 3 is 2.80 bits per heavy atom. The van der Waals surface area contributed by atoms with E-state index in [0.29, 0.717) is 4.47 Å². The first kappa shape index (κ1) is 14.9. The number of benzene rings is 1. The number of H-pyrrole nitrogens is 1. The Morgan fingerprint density at radius 1 is 1.50 bits per heavy atom. The summed E-state index contributed by atoms with van der Waals surface area (Å²) in [6.07, 6.45) is 0. The summed E-state index contributed by atoms with van der Waals surface area (Å²) in [5.74, 6) is -0.713. The van der Waals surface area contributed by atoms with E-state index in [1.807, 2.05) is 0 Å². The summed E-state index contributed by atoms with van der Waals surface area (Å²) in [5, 5.41) is 15.3. The van der Waals surface area contributed by atoms with Crippen molar-refractivity contribution in [1.29, 1.82) is 0 Å². The zero-order chi connectivity index (χ0) is 14.9. The second kappa shape index (κ2) is 5.51. The van der Waals surface area contributed by atoms with Crippen molar-refractivity contribution in [3.63, 3.8) is 0 Å². The molecule has 1 aromatic carbocycles. The van der Waals surface area contributed by atoms with E-state index in [2.05, 4.69) is 30.8 Å². The number of nitrogens with one attached hydrogen (secondary N) is 2. The summed E-state index contributed by atoms with van der Waals surface area (Å²) in [6.45, 7) is 0.960. The second-order valence-electron chi connectivity index (χ2n) is 4.01. The van der Waals surface area contributed by atoms with Gasteiger partial charge in [0.25, 0.3) is 10.0 Å². The van der Waals surface area contributed by atoms with E-state index in [9.17, 15) is 12.8 Å². The van der Waals surface area contributed by atoms with Gasteiger partial charge in [-0.05, 0) is 25.1 Å². The van der Waals surface area contributed by atoms with Crippen molar-refractivity contribution in [2.75, 3.05) is 4.72 Å². The zero-order valence-electron chi connectivity index (χ0n) is 10.3. The van der Waals surface area contributed by atoms with Crippen LogP contribution in [0.4, 0.5) is 10.1 Å². The standard InChI is InChI=1S/C11H11BrFN3O3S/c1-6-11(10(5-17)15-14-6)20(18,19)16-9-3-2-7(12)4-8(9)13/h2-4,16-17H,5H2,1H3,(H,14,15). The Balaban J connectivity index is 2.43. The number of hydrogen-bond donors (Lipinski definition) is 3. The van der Waals surface area contributed by atoms with Gasteiger partial charge in [-0.2, -0.15) is 5.10 Å². The fourth-order valence-electron chi connectivity index (χ4n) is 1.70. The maximum absolute atomic E-state index is 13.7. The van der Waals surface area contributed by atoms with Crippen LogP contribution in [0.15, 0.2) is 27.6 Å². The van der Waals surface area contributed by atoms with Gasteiger partial charge < -0.3 is 5.11 Å². The van der Waals surface area contributed by atoms with Crippen LogP contribution in [-0.2, 0) is 16.6 Å². The quantitative estimate of drug-likeness (QED) is 0.773. The zero-order valence-corrected chi connectivity index (χ0v) is 12.7. The highest BCUT2D eigenvalue weighted by Crippen LogP contribution is 2.24. The van der Waals surface area contributed by atoms with Crippen molar-refractivity contribution in [2.45, 2.75) is 18.4 Å². The minimum Gasteiger partial charge on any atom is -0.390 e. The molecule has 0 fully saturated rings. The van der Waals surface area contributed by atoms with Crippen LogP contribution in [0.2, 0.25) is 0 Å². The molecule has 1 heterocycles. The molecular weight excluding hydrogens is 353 g/mol. The third-order valence-corrected chi connectivity index (χ3v) is 4.62. The molecule has 0 amide bonds. The highest BCUT2D eigenvalue weighted by Gasteiger charge is 2.25. The van der Waals surface area contributed by atoms with Crippen molar-refractivity contribution in [3.8, 4) is 0 Å². The molecule has 0 saturated carbocycles. The summed E-state index contributed by atoms with van der Waals surface area (Å²) in [5.41, 5.74) is 0.0595. The maximum atomic E-state index is 13.7. The summed E-state index contributed by atoms with van der Waals surface area (Å²) >= 11 is 3.08. The molecule has 2 aromatic rings. The van der Waals surface area contributed by atoms with Crippen LogP contribution in [0, 0.1) is 12.7 Å². The summed E-state index contributed by atoms with van der Waals surface area (Å²) < 4.78 is 40.8. The first-order chi connectivity index (χ1) is 9.35. The first-order valence-corrected chi connectivity index (χ1v) is 7.75. The Kier molecular flexibility index (Phi) is 4.11. The van der Waals surface area contributed by atoms with E-state index < -0.39 is 22.4 Å². The lowest BCUT2D eigenvalue weighted by Gasteiger charge is -2.09. The molecule has 0 spiro atoms. The lowest BCUT2D eigenvalue weighted by Crippen LogP contribution is -2.16. The number of aromatic nitrogens is 2. The highest BCUT2D eigenvalue weighted by atomic mass is 79.9. The van der Waals surface area contributed by atoms with Crippen LogP contribution >= 0.6 is 15.9 Å². The lowest BCUT2D eigenvalue weighted by molar-refractivity contribution is 0.273. The number of aryl methyl sites for hydroxylation is 1. The summed E-state index contributed by atoms with van der Waals surface area (Å²) in [6, 6.07) is 3.95. The van der Waals surface area contributed by atoms with Gasteiger partial charge in [0.05, 0.1) is 18.0 Å². The average Bonchev–Trinajstić information content (AvgIpc) is 2.75. The minimum absolute atomic E-state index is 0.0208. The first-order valence-electron chi connectivity index (χ1n) is 5.47. The second-order valence-corrected chi connectivity index (χ2v) is 6.55. The van der Waals surface area contributed by atoms with E-state index in [1.54, 1.807) is 0 Å². The van der Waals surface area contributed by atoms with Crippen LogP contribution in [-0.4, -0.2) is 23.7 Å². The molecule has 9 heteroatoms. The normalized spacial score (nSPS) is 11.6. The Hall–Kier alpha value is -1.45. The topological polar surface area (TPSA) is 95.1 Å². The van der Waals surface area contributed by atoms with E-state index >= 15 is 0 Å². The fraction of sp³-hybridized carbons (Fsp3) is 0.182. The van der Waals surface area contributed by atoms with E-state index in [0.717, 1.165) is 6.07 Å². The minimum atomic E-state index is -4.04. The summed E-state index contributed by atoms with van der Waals surface area (Å²) in [4.78, 5) is -0.178. The van der Waals surface area contributed by atoms with Crippen molar-refractivity contribution in [2.24, 2.45) is 0 Å². The molecule has 1 aromatic heterocycles. The van der Waals surface area contributed by atoms with Crippen molar-refractivity contribution in [3.05, 3.63) is 39.9 Å². The van der Waals surface area contributed by atoms with Crippen molar-refractivity contribution in [1.82, 2.24) is 10.2 Å². The Bertz CT molecular complexity index is 745. The molecule has 0 aliphatic carbocycles. The van der Waals surface area contributed by atoms with Crippen LogP contribution in [0.1, 0.15) is 11.4 Å². The predicted octanol–water partition coefficient (Wildman–Crippen LogP) is 1.91. The Labute approximate surface area is 123 Å². The van der Waals surface area contributed by atoms with Gasteiger partial charge in [0.15, 0.2) is 0 Å². The summed E-state index contributed by atoms with van der Waals surface area (Å²) in [7, 11) is -4.04. The molecule has 2 rings (SSSR count). The van der Waals surface area contributed by atoms with Gasteiger partial charge in [-0.25, -0.2) is 12.8 Å². The molecule has 6 nitrogen and oxygen atoms in total. The SMILES string of the molecule is Cc1[nH]nc(CO)c1S(=O)(=O)Nc1ccc(Br)cc1F. The number of aliphatic hydroxyl groups excluding tert-OH is 1. The van der Waals surface area contributed by atoms with Gasteiger partial charge in [0.1, 0.15) is 16.4 Å². The molecule has 108 valence electrons. The number of nitrogens with zero attached hydrogens (tertiary/aromatic N) is 1. The van der Waals surface area contributed by atoms with Gasteiger partial charge in [0, 0.05) is 4.47 Å². The van der Waals surface area contributed by atoms with Crippen LogP contribution in [0.5, 0.6) is 0 Å². The molecule has 0 saturated heterocycles. The highest BCUT2D eigenvalue weighted by molar-refractivity contribution is 9.10. The van der Waals surface area contributed by atoms with Gasteiger partial charge in [-0.1, -0.05) is 15.9 Å². The molecule has 20 heavy (non-hydrogen) atoms. The van der Waals surface area contributed by atoms with Gasteiger partial charge in [-0.15, -0.1) is 0 Å². The molecule has 0 unspecified atom stereocenters. The number of aliphatic hydroxyl groups is 1. The maximum Gasteiger partial charge on any atom is 0.265 e. The molecule has 0 bridgehead atoms.